The van der Waals surface area contributed by atoms with Gasteiger partial charge < -0.3 is 14.6 Å². The first-order valence-corrected chi connectivity index (χ1v) is 5.68. The van der Waals surface area contributed by atoms with E-state index in [1.54, 1.807) is 16.7 Å². The Morgan fingerprint density at radius 2 is 2.44 bits per heavy atom. The molecule has 1 fully saturated rings. The van der Waals surface area contributed by atoms with Crippen molar-refractivity contribution < 1.29 is 4.74 Å². The smallest absolute Gasteiger partial charge is 0.250 e. The molecule has 4 heteroatoms. The maximum atomic E-state index is 11.4. The summed E-state index contributed by atoms with van der Waals surface area (Å²) in [4.78, 5) is 11.4. The van der Waals surface area contributed by atoms with Crippen LogP contribution in [-0.2, 0) is 11.3 Å². The van der Waals surface area contributed by atoms with Crippen LogP contribution in [-0.4, -0.2) is 29.9 Å². The van der Waals surface area contributed by atoms with Crippen LogP contribution in [0.4, 0.5) is 0 Å². The van der Waals surface area contributed by atoms with Crippen molar-refractivity contribution in [3.63, 3.8) is 0 Å². The zero-order valence-corrected chi connectivity index (χ0v) is 9.61. The number of ether oxygens (including phenoxy) is 1. The predicted molar refractivity (Wildman–Crippen MR) is 62.5 cm³/mol. The second-order valence-electron chi connectivity index (χ2n) is 4.52. The standard InChI is InChI=1S/C12H18N2O2/c1-12(5-9-16-10-12)13-6-8-14-7-3-2-4-11(14)15/h2-4,7,13H,5-6,8-10H2,1H3. The van der Waals surface area contributed by atoms with Gasteiger partial charge in [0, 0.05) is 37.5 Å². The van der Waals surface area contributed by atoms with E-state index in [4.69, 9.17) is 4.74 Å². The predicted octanol–water partition coefficient (Wildman–Crippen LogP) is 0.617. The Bertz CT molecular complexity index is 394. The number of pyridine rings is 1. The van der Waals surface area contributed by atoms with Gasteiger partial charge in [-0.1, -0.05) is 6.07 Å². The third kappa shape index (κ3) is 2.71. The van der Waals surface area contributed by atoms with Crippen LogP contribution in [0.25, 0.3) is 0 Å². The lowest BCUT2D eigenvalue weighted by Gasteiger charge is -2.23. The fraction of sp³-hybridized carbons (Fsp3) is 0.583. The van der Waals surface area contributed by atoms with Crippen LogP contribution in [0.2, 0.25) is 0 Å². The van der Waals surface area contributed by atoms with E-state index in [9.17, 15) is 4.79 Å². The maximum absolute atomic E-state index is 11.4. The van der Waals surface area contributed by atoms with Gasteiger partial charge in [0.05, 0.1) is 6.61 Å². The summed E-state index contributed by atoms with van der Waals surface area (Å²) in [5.41, 5.74) is 0.135. The number of rotatable bonds is 4. The van der Waals surface area contributed by atoms with Crippen LogP contribution >= 0.6 is 0 Å². The molecule has 1 atom stereocenters. The van der Waals surface area contributed by atoms with Crippen LogP contribution in [0.3, 0.4) is 0 Å². The fourth-order valence-corrected chi connectivity index (χ4v) is 1.93. The zero-order chi connectivity index (χ0) is 11.4. The summed E-state index contributed by atoms with van der Waals surface area (Å²) in [7, 11) is 0. The van der Waals surface area contributed by atoms with Crippen molar-refractivity contribution >= 4 is 0 Å². The summed E-state index contributed by atoms with van der Waals surface area (Å²) in [5.74, 6) is 0. The molecule has 1 aliphatic heterocycles. The molecule has 16 heavy (non-hydrogen) atoms. The molecule has 0 amide bonds. The van der Waals surface area contributed by atoms with Crippen LogP contribution in [0.15, 0.2) is 29.2 Å². The lowest BCUT2D eigenvalue weighted by atomic mass is 10.0. The third-order valence-corrected chi connectivity index (χ3v) is 3.02. The molecule has 88 valence electrons. The molecule has 1 unspecified atom stereocenters. The highest BCUT2D eigenvalue weighted by molar-refractivity contribution is 4.93. The topological polar surface area (TPSA) is 43.3 Å². The van der Waals surface area contributed by atoms with Crippen molar-refractivity contribution in [3.05, 3.63) is 34.7 Å². The van der Waals surface area contributed by atoms with Crippen molar-refractivity contribution in [1.82, 2.24) is 9.88 Å². The Morgan fingerprint density at radius 1 is 1.56 bits per heavy atom. The maximum Gasteiger partial charge on any atom is 0.250 e. The second-order valence-corrected chi connectivity index (χ2v) is 4.52. The molecule has 2 rings (SSSR count). The van der Waals surface area contributed by atoms with Crippen molar-refractivity contribution in [3.8, 4) is 0 Å². The van der Waals surface area contributed by atoms with Gasteiger partial charge in [-0.05, 0) is 19.4 Å². The van der Waals surface area contributed by atoms with Crippen LogP contribution in [0.5, 0.6) is 0 Å². The van der Waals surface area contributed by atoms with Crippen molar-refractivity contribution in [2.45, 2.75) is 25.4 Å². The average molecular weight is 222 g/mol. The number of nitrogens with zero attached hydrogens (tertiary/aromatic N) is 1. The summed E-state index contributed by atoms with van der Waals surface area (Å²) in [6, 6.07) is 5.22. The van der Waals surface area contributed by atoms with Gasteiger partial charge in [-0.25, -0.2) is 0 Å². The largest absolute Gasteiger partial charge is 0.379 e. The lowest BCUT2D eigenvalue weighted by Crippen LogP contribution is -2.44. The second kappa shape index (κ2) is 4.80. The Balaban J connectivity index is 1.84. The van der Waals surface area contributed by atoms with E-state index in [1.807, 2.05) is 12.3 Å². The molecule has 0 aliphatic carbocycles. The van der Waals surface area contributed by atoms with Crippen LogP contribution in [0.1, 0.15) is 13.3 Å². The quantitative estimate of drug-likeness (QED) is 0.812. The molecule has 1 aliphatic rings. The Morgan fingerprint density at radius 3 is 3.12 bits per heavy atom. The molecule has 0 radical (unpaired) electrons. The normalized spacial score (nSPS) is 24.8. The van der Waals surface area contributed by atoms with E-state index < -0.39 is 0 Å². The Kier molecular flexibility index (Phi) is 3.41. The molecule has 0 bridgehead atoms. The summed E-state index contributed by atoms with van der Waals surface area (Å²) in [6.07, 6.45) is 2.86. The van der Waals surface area contributed by atoms with Crippen LogP contribution < -0.4 is 10.9 Å². The van der Waals surface area contributed by atoms with E-state index in [0.29, 0.717) is 6.54 Å². The number of nitrogens with one attached hydrogen (secondary N) is 1. The SMILES string of the molecule is CC1(NCCn2ccccc2=O)CCOC1. The molecule has 1 aromatic heterocycles. The molecule has 2 heterocycles. The van der Waals surface area contributed by atoms with E-state index in [1.165, 1.54) is 0 Å². The molecule has 0 saturated carbocycles. The van der Waals surface area contributed by atoms with Gasteiger partial charge in [-0.15, -0.1) is 0 Å². The van der Waals surface area contributed by atoms with Crippen molar-refractivity contribution in [2.75, 3.05) is 19.8 Å². The highest BCUT2D eigenvalue weighted by Gasteiger charge is 2.28. The number of aromatic nitrogens is 1. The monoisotopic (exact) mass is 222 g/mol. The van der Waals surface area contributed by atoms with E-state index in [2.05, 4.69) is 12.2 Å². The first-order valence-electron chi connectivity index (χ1n) is 5.68. The molecule has 1 saturated heterocycles. The molecule has 1 aromatic rings. The van der Waals surface area contributed by atoms with E-state index >= 15 is 0 Å². The fourth-order valence-electron chi connectivity index (χ4n) is 1.93. The minimum atomic E-state index is 0.0529. The highest BCUT2D eigenvalue weighted by atomic mass is 16.5. The van der Waals surface area contributed by atoms with Crippen molar-refractivity contribution in [2.24, 2.45) is 0 Å². The number of hydrogen-bond donors (Lipinski definition) is 1. The summed E-state index contributed by atoms with van der Waals surface area (Å²) < 4.78 is 7.07. The molecule has 1 N–H and O–H groups in total. The van der Waals surface area contributed by atoms with Gasteiger partial charge >= 0.3 is 0 Å². The molecule has 0 aromatic carbocycles. The Hall–Kier alpha value is -1.13. The number of hydrogen-bond acceptors (Lipinski definition) is 3. The van der Waals surface area contributed by atoms with E-state index in [0.717, 1.165) is 26.2 Å². The lowest BCUT2D eigenvalue weighted by molar-refractivity contribution is 0.171. The van der Waals surface area contributed by atoms with Gasteiger partial charge in [0.1, 0.15) is 0 Å². The summed E-state index contributed by atoms with van der Waals surface area (Å²) in [6.45, 7) is 5.25. The van der Waals surface area contributed by atoms with Gasteiger partial charge in [-0.2, -0.15) is 0 Å². The third-order valence-electron chi connectivity index (χ3n) is 3.02. The summed E-state index contributed by atoms with van der Waals surface area (Å²) >= 11 is 0. The first kappa shape index (κ1) is 11.4. The van der Waals surface area contributed by atoms with E-state index in [-0.39, 0.29) is 11.1 Å². The minimum absolute atomic E-state index is 0.0529. The van der Waals surface area contributed by atoms with Crippen LogP contribution in [0, 0.1) is 0 Å². The molecular formula is C12H18N2O2. The van der Waals surface area contributed by atoms with Gasteiger partial charge in [0.25, 0.3) is 5.56 Å². The van der Waals surface area contributed by atoms with Gasteiger partial charge in [-0.3, -0.25) is 4.79 Å². The summed E-state index contributed by atoms with van der Waals surface area (Å²) in [5, 5.41) is 3.45. The minimum Gasteiger partial charge on any atom is -0.379 e. The first-order chi connectivity index (χ1) is 7.70. The zero-order valence-electron chi connectivity index (χ0n) is 9.61. The average Bonchev–Trinajstić information content (AvgIpc) is 2.68. The van der Waals surface area contributed by atoms with Crippen molar-refractivity contribution in [1.29, 1.82) is 0 Å². The van der Waals surface area contributed by atoms with Gasteiger partial charge in [0.2, 0.25) is 0 Å². The molecular weight excluding hydrogens is 204 g/mol. The highest BCUT2D eigenvalue weighted by Crippen LogP contribution is 2.16. The molecule has 4 nitrogen and oxygen atoms in total. The Labute approximate surface area is 95.2 Å². The van der Waals surface area contributed by atoms with Gasteiger partial charge in [0.15, 0.2) is 0 Å². The molecule has 0 spiro atoms.